The van der Waals surface area contributed by atoms with Crippen LogP contribution in [0.4, 0.5) is 24.1 Å². The molecular formula is C21H21F3N6O3S2. The number of hydrogen-bond donors (Lipinski definition) is 2. The van der Waals surface area contributed by atoms with Crippen LogP contribution in [0.3, 0.4) is 0 Å². The van der Waals surface area contributed by atoms with Gasteiger partial charge in [0.1, 0.15) is 11.3 Å². The third-order valence-corrected chi connectivity index (χ3v) is 6.12. The second kappa shape index (κ2) is 10.4. The summed E-state index contributed by atoms with van der Waals surface area (Å²) >= 11 is 6.34. The molecule has 0 aliphatic heterocycles. The number of carbonyl (C=O) groups excluding carboxylic acids is 2. The number of halogens is 3. The largest absolute Gasteiger partial charge is 0.465 e. The third kappa shape index (κ3) is 6.14. The van der Waals surface area contributed by atoms with Crippen molar-refractivity contribution in [1.29, 1.82) is 0 Å². The molecule has 3 rings (SSSR count). The van der Waals surface area contributed by atoms with Gasteiger partial charge in [-0.2, -0.15) is 13.2 Å². The summed E-state index contributed by atoms with van der Waals surface area (Å²) in [6.07, 6.45) is -3.10. The van der Waals surface area contributed by atoms with Gasteiger partial charge in [0.15, 0.2) is 5.11 Å². The molecule has 186 valence electrons. The van der Waals surface area contributed by atoms with E-state index in [1.54, 1.807) is 27.1 Å². The Morgan fingerprint density at radius 3 is 2.60 bits per heavy atom. The Kier molecular flexibility index (Phi) is 7.75. The number of alkyl halides is 3. The lowest BCUT2D eigenvalue weighted by molar-refractivity contribution is -0.137. The molecule has 0 aliphatic carbocycles. The van der Waals surface area contributed by atoms with Crippen molar-refractivity contribution < 1.29 is 27.5 Å². The SMILES string of the molecule is COC(=O)c1c(NC(=S)Nc2ncn(Cc3cccc(C(F)(F)F)c3)n2)sc(C(=O)N(C)C)c1C. The fourth-order valence-corrected chi connectivity index (χ4v) is 4.53. The number of aromatic nitrogens is 3. The summed E-state index contributed by atoms with van der Waals surface area (Å²) in [6.45, 7) is 1.70. The Bertz CT molecular complexity index is 1270. The molecular weight excluding hydrogens is 505 g/mol. The number of nitrogens with zero attached hydrogens (tertiary/aromatic N) is 4. The first-order valence-corrected chi connectivity index (χ1v) is 11.2. The fourth-order valence-electron chi connectivity index (χ4n) is 3.05. The maximum Gasteiger partial charge on any atom is 0.416 e. The molecule has 0 saturated carbocycles. The van der Waals surface area contributed by atoms with E-state index < -0.39 is 17.7 Å². The first-order valence-electron chi connectivity index (χ1n) is 9.97. The van der Waals surface area contributed by atoms with Crippen molar-refractivity contribution in [3.8, 4) is 0 Å². The number of anilines is 2. The lowest BCUT2D eigenvalue weighted by Crippen LogP contribution is -2.21. The number of ether oxygens (including phenoxy) is 1. The van der Waals surface area contributed by atoms with E-state index in [2.05, 4.69) is 20.7 Å². The van der Waals surface area contributed by atoms with Gasteiger partial charge in [-0.15, -0.1) is 16.4 Å². The maximum atomic E-state index is 12.9. The summed E-state index contributed by atoms with van der Waals surface area (Å²) in [7, 11) is 4.42. The highest BCUT2D eigenvalue weighted by Gasteiger charge is 2.30. The van der Waals surface area contributed by atoms with Crippen LogP contribution in [0.1, 0.15) is 36.7 Å². The molecule has 0 aliphatic rings. The van der Waals surface area contributed by atoms with Gasteiger partial charge in [0.2, 0.25) is 5.95 Å². The van der Waals surface area contributed by atoms with Gasteiger partial charge in [-0.25, -0.2) is 14.5 Å². The minimum absolute atomic E-state index is 0.0390. The van der Waals surface area contributed by atoms with Gasteiger partial charge < -0.3 is 15.0 Å². The van der Waals surface area contributed by atoms with Crippen LogP contribution >= 0.6 is 23.6 Å². The minimum Gasteiger partial charge on any atom is -0.465 e. The monoisotopic (exact) mass is 526 g/mol. The molecule has 1 amide bonds. The number of rotatable bonds is 6. The smallest absolute Gasteiger partial charge is 0.416 e. The van der Waals surface area contributed by atoms with Crippen LogP contribution in [-0.2, 0) is 17.5 Å². The van der Waals surface area contributed by atoms with Gasteiger partial charge in [-0.3, -0.25) is 10.1 Å². The number of hydrogen-bond acceptors (Lipinski definition) is 7. The summed E-state index contributed by atoms with van der Waals surface area (Å²) in [5.74, 6) is -0.822. The second-order valence-electron chi connectivity index (χ2n) is 7.49. The molecule has 2 aromatic heterocycles. The molecule has 0 radical (unpaired) electrons. The second-order valence-corrected chi connectivity index (χ2v) is 8.92. The average molecular weight is 527 g/mol. The van der Waals surface area contributed by atoms with Gasteiger partial charge in [0.05, 0.1) is 29.7 Å². The van der Waals surface area contributed by atoms with Crippen molar-refractivity contribution in [2.45, 2.75) is 19.6 Å². The predicted molar refractivity (Wildman–Crippen MR) is 129 cm³/mol. The van der Waals surface area contributed by atoms with Crippen LogP contribution in [0.5, 0.6) is 0 Å². The molecule has 14 heteroatoms. The molecule has 35 heavy (non-hydrogen) atoms. The molecule has 1 aromatic carbocycles. The summed E-state index contributed by atoms with van der Waals surface area (Å²) in [6, 6.07) is 4.91. The third-order valence-electron chi connectivity index (χ3n) is 4.72. The van der Waals surface area contributed by atoms with Crippen molar-refractivity contribution in [2.75, 3.05) is 31.8 Å². The topological polar surface area (TPSA) is 101 Å². The molecule has 9 nitrogen and oxygen atoms in total. The van der Waals surface area contributed by atoms with E-state index >= 15 is 0 Å². The van der Waals surface area contributed by atoms with E-state index in [9.17, 15) is 22.8 Å². The Hall–Kier alpha value is -3.52. The molecule has 2 N–H and O–H groups in total. The Labute approximate surface area is 207 Å². The molecule has 3 aromatic rings. The zero-order valence-corrected chi connectivity index (χ0v) is 20.7. The van der Waals surface area contributed by atoms with E-state index in [4.69, 9.17) is 17.0 Å². The highest BCUT2D eigenvalue weighted by molar-refractivity contribution is 7.80. The minimum atomic E-state index is -4.44. The highest BCUT2D eigenvalue weighted by Crippen LogP contribution is 2.34. The lowest BCUT2D eigenvalue weighted by Gasteiger charge is -2.09. The first kappa shape index (κ1) is 26.1. The number of benzene rings is 1. The summed E-state index contributed by atoms with van der Waals surface area (Å²) < 4.78 is 45.0. The van der Waals surface area contributed by atoms with Crippen LogP contribution in [0.15, 0.2) is 30.6 Å². The van der Waals surface area contributed by atoms with Crippen molar-refractivity contribution in [2.24, 2.45) is 0 Å². The molecule has 2 heterocycles. The molecule has 0 bridgehead atoms. The predicted octanol–water partition coefficient (Wildman–Crippen LogP) is 4.01. The highest BCUT2D eigenvalue weighted by atomic mass is 32.1. The summed E-state index contributed by atoms with van der Waals surface area (Å²) in [5, 5.41) is 10.1. The standard InChI is InChI=1S/C21H21F3N6O3S2/c1-11-14(18(32)33-4)16(35-15(11)17(31)29(2)3)26-20(34)27-19-25-10-30(28-19)9-12-6-5-7-13(8-12)21(22,23)24/h5-8,10H,9H2,1-4H3,(H2,26,27,28,34). The van der Waals surface area contributed by atoms with Crippen LogP contribution in [0.2, 0.25) is 0 Å². The van der Waals surface area contributed by atoms with Crippen LogP contribution in [0, 0.1) is 6.92 Å². The lowest BCUT2D eigenvalue weighted by atomic mass is 10.1. The van der Waals surface area contributed by atoms with Gasteiger partial charge in [0.25, 0.3) is 5.91 Å². The number of carbonyl (C=O) groups is 2. The van der Waals surface area contributed by atoms with Crippen molar-refractivity contribution >= 4 is 51.5 Å². The Morgan fingerprint density at radius 1 is 1.26 bits per heavy atom. The quantitative estimate of drug-likeness (QED) is 0.367. The van der Waals surface area contributed by atoms with Gasteiger partial charge in [-0.05, 0) is 42.4 Å². The zero-order valence-electron chi connectivity index (χ0n) is 19.1. The van der Waals surface area contributed by atoms with E-state index in [0.29, 0.717) is 21.0 Å². The number of esters is 1. The van der Waals surface area contributed by atoms with Crippen LogP contribution < -0.4 is 10.6 Å². The van der Waals surface area contributed by atoms with Crippen LogP contribution in [0.25, 0.3) is 0 Å². The fraction of sp³-hybridized carbons (Fsp3) is 0.286. The number of nitrogens with one attached hydrogen (secondary N) is 2. The van der Waals surface area contributed by atoms with E-state index in [0.717, 1.165) is 23.5 Å². The number of thiophene rings is 1. The maximum absolute atomic E-state index is 12.9. The summed E-state index contributed by atoms with van der Waals surface area (Å²) in [4.78, 5) is 30.6. The Morgan fingerprint density at radius 2 is 1.97 bits per heavy atom. The zero-order chi connectivity index (χ0) is 25.9. The number of amides is 1. The first-order chi connectivity index (χ1) is 16.4. The van der Waals surface area contributed by atoms with Crippen molar-refractivity contribution in [3.63, 3.8) is 0 Å². The number of thiocarbonyl (C=S) groups is 1. The van der Waals surface area contributed by atoms with Crippen LogP contribution in [-0.4, -0.2) is 57.9 Å². The normalized spacial score (nSPS) is 11.2. The molecule has 0 spiro atoms. The van der Waals surface area contributed by atoms with Crippen molar-refractivity contribution in [3.05, 3.63) is 57.7 Å². The number of methoxy groups -OCH3 is 1. The van der Waals surface area contributed by atoms with Gasteiger partial charge >= 0.3 is 12.1 Å². The molecule has 0 unspecified atom stereocenters. The van der Waals surface area contributed by atoms with E-state index in [1.807, 2.05) is 0 Å². The molecule has 0 saturated heterocycles. The molecule has 0 fully saturated rings. The van der Waals surface area contributed by atoms with E-state index in [-0.39, 0.29) is 29.1 Å². The molecule has 0 atom stereocenters. The van der Waals surface area contributed by atoms with Crippen molar-refractivity contribution in [1.82, 2.24) is 19.7 Å². The van der Waals surface area contributed by atoms with Gasteiger partial charge in [-0.1, -0.05) is 12.1 Å². The van der Waals surface area contributed by atoms with Gasteiger partial charge in [0, 0.05) is 14.1 Å². The van der Waals surface area contributed by atoms with E-state index in [1.165, 1.54) is 29.1 Å². The average Bonchev–Trinajstić information content (AvgIpc) is 3.35. The Balaban J connectivity index is 1.74. The summed E-state index contributed by atoms with van der Waals surface area (Å²) in [5.41, 5.74) is 0.273.